The zero-order chi connectivity index (χ0) is 21.4. The van der Waals surface area contributed by atoms with Crippen LogP contribution in [-0.4, -0.2) is 27.3 Å². The molecule has 0 saturated heterocycles. The molecule has 0 bridgehead atoms. The van der Waals surface area contributed by atoms with Crippen molar-refractivity contribution in [1.29, 1.82) is 0 Å². The summed E-state index contributed by atoms with van der Waals surface area (Å²) >= 11 is 1.68. The first-order chi connectivity index (χ1) is 15.2. The maximum atomic E-state index is 13.4. The summed E-state index contributed by atoms with van der Waals surface area (Å²) in [4.78, 5) is 16.4. The van der Waals surface area contributed by atoms with Crippen LogP contribution in [0.25, 0.3) is 11.3 Å². The minimum atomic E-state index is -0.290. The Kier molecular flexibility index (Phi) is 5.08. The fraction of sp³-hybridized carbons (Fsp3) is 0.120. The van der Waals surface area contributed by atoms with Gasteiger partial charge in [-0.1, -0.05) is 54.6 Å². The molecule has 1 aliphatic heterocycles. The molecule has 3 aromatic carbocycles. The Labute approximate surface area is 184 Å². The largest absolute Gasteiger partial charge is 0.322 e. The van der Waals surface area contributed by atoms with E-state index in [1.807, 2.05) is 41.5 Å². The lowest BCUT2D eigenvalue weighted by Gasteiger charge is -2.26. The second kappa shape index (κ2) is 8.04. The third-order valence-corrected chi connectivity index (χ3v) is 6.35. The lowest BCUT2D eigenvalue weighted by Crippen LogP contribution is -2.29. The third-order valence-electron chi connectivity index (χ3n) is 5.61. The lowest BCUT2D eigenvalue weighted by atomic mass is 9.96. The molecule has 154 valence electrons. The van der Waals surface area contributed by atoms with Gasteiger partial charge in [0.15, 0.2) is 0 Å². The van der Waals surface area contributed by atoms with E-state index in [4.69, 9.17) is 0 Å². The first-order valence-electron chi connectivity index (χ1n) is 9.99. The van der Waals surface area contributed by atoms with Gasteiger partial charge >= 0.3 is 0 Å². The third kappa shape index (κ3) is 3.53. The average Bonchev–Trinajstić information content (AvgIpc) is 3.35. The number of fused-ring (bicyclic) bond motifs is 1. The second-order valence-corrected chi connectivity index (χ2v) is 8.34. The Bertz CT molecular complexity index is 1220. The average molecular weight is 430 g/mol. The second-order valence-electron chi connectivity index (χ2n) is 7.46. The molecular formula is C25H20FN3OS. The number of carbonyl (C=O) groups excluding carboxylic acids is 1. The number of benzene rings is 3. The molecule has 0 aliphatic carbocycles. The van der Waals surface area contributed by atoms with Crippen LogP contribution in [0.2, 0.25) is 0 Å². The highest BCUT2D eigenvalue weighted by atomic mass is 32.2. The quantitative estimate of drug-likeness (QED) is 0.415. The van der Waals surface area contributed by atoms with E-state index in [2.05, 4.69) is 34.5 Å². The van der Waals surface area contributed by atoms with Crippen LogP contribution in [0, 0.1) is 5.82 Å². The molecule has 1 amide bonds. The van der Waals surface area contributed by atoms with Crippen LogP contribution < -0.4 is 0 Å². The van der Waals surface area contributed by atoms with Crippen molar-refractivity contribution in [3.63, 3.8) is 0 Å². The van der Waals surface area contributed by atoms with E-state index in [0.29, 0.717) is 12.2 Å². The monoisotopic (exact) mass is 429 g/mol. The molecule has 1 aliphatic rings. The summed E-state index contributed by atoms with van der Waals surface area (Å²) in [5.74, 6) is -0.394. The number of nitrogens with one attached hydrogen (secondary N) is 1. The molecule has 4 nitrogen and oxygen atoms in total. The summed E-state index contributed by atoms with van der Waals surface area (Å²) < 4.78 is 13.4. The van der Waals surface area contributed by atoms with Gasteiger partial charge in [-0.15, -0.1) is 11.8 Å². The van der Waals surface area contributed by atoms with Crippen molar-refractivity contribution in [3.05, 3.63) is 107 Å². The van der Waals surface area contributed by atoms with Crippen molar-refractivity contribution in [2.75, 3.05) is 6.26 Å². The number of aromatic amines is 1. The van der Waals surface area contributed by atoms with Gasteiger partial charge in [-0.3, -0.25) is 9.89 Å². The molecule has 5 rings (SSSR count). The number of thioether (sulfide) groups is 1. The van der Waals surface area contributed by atoms with Gasteiger partial charge in [0.25, 0.3) is 5.91 Å². The highest BCUT2D eigenvalue weighted by Crippen LogP contribution is 2.43. The van der Waals surface area contributed by atoms with Crippen molar-refractivity contribution in [2.45, 2.75) is 17.5 Å². The molecule has 1 N–H and O–H groups in total. The summed E-state index contributed by atoms with van der Waals surface area (Å²) in [5, 5.41) is 7.47. The number of carbonyl (C=O) groups is 1. The Morgan fingerprint density at radius 2 is 1.71 bits per heavy atom. The molecule has 1 aromatic heterocycles. The van der Waals surface area contributed by atoms with Gasteiger partial charge in [0.2, 0.25) is 0 Å². The molecule has 0 radical (unpaired) electrons. The van der Waals surface area contributed by atoms with E-state index < -0.39 is 0 Å². The molecule has 2 heterocycles. The normalized spacial score (nSPS) is 15.4. The minimum absolute atomic E-state index is 0.104. The van der Waals surface area contributed by atoms with Gasteiger partial charge < -0.3 is 4.90 Å². The summed E-state index contributed by atoms with van der Waals surface area (Å²) in [7, 11) is 0. The Balaban J connectivity index is 1.62. The number of hydrogen-bond donors (Lipinski definition) is 1. The standard InChI is InChI=1S/C25H20FN3OS/c1-31-20-13-9-18(10-14-20)24-21-22(17-5-3-2-4-6-17)27-28-23(21)25(30)29(24)15-16-7-11-19(26)12-8-16/h2-14,24H,15H2,1H3,(H,27,28). The molecule has 6 heteroatoms. The maximum absolute atomic E-state index is 13.4. The molecule has 1 unspecified atom stereocenters. The zero-order valence-electron chi connectivity index (χ0n) is 16.9. The topological polar surface area (TPSA) is 49.0 Å². The van der Waals surface area contributed by atoms with Crippen molar-refractivity contribution in [3.8, 4) is 11.3 Å². The Hall–Kier alpha value is -3.38. The molecule has 1 atom stereocenters. The summed E-state index contributed by atoms with van der Waals surface area (Å²) in [5.41, 5.74) is 5.03. The predicted octanol–water partition coefficient (Wildman–Crippen LogP) is 5.68. The summed E-state index contributed by atoms with van der Waals surface area (Å²) in [6, 6.07) is 24.2. The van der Waals surface area contributed by atoms with Gasteiger partial charge in [0, 0.05) is 22.6 Å². The van der Waals surface area contributed by atoms with E-state index in [1.54, 1.807) is 23.9 Å². The molecule has 31 heavy (non-hydrogen) atoms. The zero-order valence-corrected chi connectivity index (χ0v) is 17.7. The van der Waals surface area contributed by atoms with Crippen molar-refractivity contribution >= 4 is 17.7 Å². The number of nitrogens with zero attached hydrogens (tertiary/aromatic N) is 2. The maximum Gasteiger partial charge on any atom is 0.273 e. The molecule has 0 fully saturated rings. The van der Waals surface area contributed by atoms with Crippen LogP contribution in [0.3, 0.4) is 0 Å². The Morgan fingerprint density at radius 1 is 1.00 bits per heavy atom. The first kappa shape index (κ1) is 19.6. The number of amides is 1. The van der Waals surface area contributed by atoms with E-state index in [9.17, 15) is 9.18 Å². The highest BCUT2D eigenvalue weighted by Gasteiger charge is 2.42. The van der Waals surface area contributed by atoms with Crippen LogP contribution in [0.4, 0.5) is 4.39 Å². The molecule has 4 aromatic rings. The van der Waals surface area contributed by atoms with Crippen molar-refractivity contribution < 1.29 is 9.18 Å². The number of halogens is 1. The van der Waals surface area contributed by atoms with Crippen molar-refractivity contribution in [2.24, 2.45) is 0 Å². The SMILES string of the molecule is CSc1ccc(C2c3c(-c4ccccc4)n[nH]c3C(=O)N2Cc2ccc(F)cc2)cc1. The fourth-order valence-corrected chi connectivity index (χ4v) is 4.50. The Morgan fingerprint density at radius 3 is 2.39 bits per heavy atom. The fourth-order valence-electron chi connectivity index (χ4n) is 4.10. The number of rotatable bonds is 5. The van der Waals surface area contributed by atoms with Crippen LogP contribution in [0.15, 0.2) is 83.8 Å². The van der Waals surface area contributed by atoms with Crippen LogP contribution in [0.1, 0.15) is 33.2 Å². The lowest BCUT2D eigenvalue weighted by molar-refractivity contribution is 0.0730. The summed E-state index contributed by atoms with van der Waals surface area (Å²) in [6.07, 6.45) is 2.04. The van der Waals surface area contributed by atoms with Gasteiger partial charge in [0.1, 0.15) is 11.5 Å². The van der Waals surface area contributed by atoms with Gasteiger partial charge in [-0.2, -0.15) is 5.10 Å². The van der Waals surface area contributed by atoms with Crippen LogP contribution in [-0.2, 0) is 6.54 Å². The molecule has 0 spiro atoms. The van der Waals surface area contributed by atoms with E-state index >= 15 is 0 Å². The number of H-pyrrole nitrogens is 1. The van der Waals surface area contributed by atoms with Crippen LogP contribution >= 0.6 is 11.8 Å². The predicted molar refractivity (Wildman–Crippen MR) is 120 cm³/mol. The van der Waals surface area contributed by atoms with Gasteiger partial charge in [-0.05, 0) is 41.6 Å². The van der Waals surface area contributed by atoms with E-state index in [1.165, 1.54) is 12.1 Å². The molecular weight excluding hydrogens is 409 g/mol. The van der Waals surface area contributed by atoms with E-state index in [0.717, 1.165) is 32.8 Å². The van der Waals surface area contributed by atoms with Gasteiger partial charge in [0.05, 0.1) is 11.7 Å². The van der Waals surface area contributed by atoms with Crippen LogP contribution in [0.5, 0.6) is 0 Å². The number of hydrogen-bond acceptors (Lipinski definition) is 3. The minimum Gasteiger partial charge on any atom is -0.322 e. The van der Waals surface area contributed by atoms with Gasteiger partial charge in [-0.25, -0.2) is 4.39 Å². The highest BCUT2D eigenvalue weighted by molar-refractivity contribution is 7.98. The molecule has 0 saturated carbocycles. The smallest absolute Gasteiger partial charge is 0.273 e. The van der Waals surface area contributed by atoms with Crippen molar-refractivity contribution in [1.82, 2.24) is 15.1 Å². The first-order valence-corrected chi connectivity index (χ1v) is 11.2. The number of aromatic nitrogens is 2. The summed E-state index contributed by atoms with van der Waals surface area (Å²) in [6.45, 7) is 0.380. The van der Waals surface area contributed by atoms with E-state index in [-0.39, 0.29) is 17.8 Å².